The third-order valence-corrected chi connectivity index (χ3v) is 2.61. The first-order valence-corrected chi connectivity index (χ1v) is 4.97. The molecule has 0 bridgehead atoms. The average Bonchev–Trinajstić information content (AvgIpc) is 2.64. The zero-order valence-corrected chi connectivity index (χ0v) is 8.93. The van der Waals surface area contributed by atoms with Crippen LogP contribution in [0, 0.1) is 0 Å². The highest BCUT2D eigenvalue weighted by atomic mass is 16.7. The van der Waals surface area contributed by atoms with Gasteiger partial charge >= 0.3 is 0 Å². The van der Waals surface area contributed by atoms with E-state index in [4.69, 9.17) is 9.47 Å². The molecule has 0 unspecified atom stereocenters. The van der Waals surface area contributed by atoms with Crippen molar-refractivity contribution in [3.05, 3.63) is 23.8 Å². The van der Waals surface area contributed by atoms with Crippen molar-refractivity contribution < 1.29 is 14.7 Å². The summed E-state index contributed by atoms with van der Waals surface area (Å²) in [5.74, 6) is 1.59. The van der Waals surface area contributed by atoms with Gasteiger partial charge in [0.25, 0.3) is 0 Å². The van der Waals surface area contributed by atoms with Crippen LogP contribution in [-0.4, -0.2) is 30.2 Å². The minimum atomic E-state index is 0.0883. The standard InChI is InChI=1S/C11H15NO3/c1-8(12(2)13)5-9-3-4-10-11(6-9)15-7-14-10/h3-4,6,8,13H,5,7H2,1-2H3/t8-/m1/s1. The van der Waals surface area contributed by atoms with E-state index in [-0.39, 0.29) is 6.04 Å². The van der Waals surface area contributed by atoms with Gasteiger partial charge in [0.2, 0.25) is 6.79 Å². The summed E-state index contributed by atoms with van der Waals surface area (Å²) in [6.07, 6.45) is 0.781. The van der Waals surface area contributed by atoms with Gasteiger partial charge in [0.15, 0.2) is 11.5 Å². The van der Waals surface area contributed by atoms with Crippen LogP contribution in [0.1, 0.15) is 12.5 Å². The quantitative estimate of drug-likeness (QED) is 0.769. The van der Waals surface area contributed by atoms with Crippen LogP contribution in [0.2, 0.25) is 0 Å². The summed E-state index contributed by atoms with van der Waals surface area (Å²) in [5.41, 5.74) is 1.13. The molecule has 4 heteroatoms. The first-order chi connectivity index (χ1) is 7.16. The van der Waals surface area contributed by atoms with E-state index < -0.39 is 0 Å². The molecule has 0 aliphatic carbocycles. The van der Waals surface area contributed by atoms with E-state index in [1.165, 1.54) is 5.06 Å². The molecule has 82 valence electrons. The largest absolute Gasteiger partial charge is 0.454 e. The summed E-state index contributed by atoms with van der Waals surface area (Å²) < 4.78 is 10.5. The van der Waals surface area contributed by atoms with Gasteiger partial charge in [-0.25, -0.2) is 0 Å². The van der Waals surface area contributed by atoms with Crippen molar-refractivity contribution in [3.63, 3.8) is 0 Å². The summed E-state index contributed by atoms with van der Waals surface area (Å²) in [4.78, 5) is 0. The molecule has 15 heavy (non-hydrogen) atoms. The number of rotatable bonds is 3. The van der Waals surface area contributed by atoms with Crippen molar-refractivity contribution in [2.75, 3.05) is 13.8 Å². The Hall–Kier alpha value is -1.26. The minimum Gasteiger partial charge on any atom is -0.454 e. The summed E-state index contributed by atoms with van der Waals surface area (Å²) >= 11 is 0. The lowest BCUT2D eigenvalue weighted by Crippen LogP contribution is -2.27. The number of likely N-dealkylation sites (N-methyl/N-ethyl adjacent to an activating group) is 1. The van der Waals surface area contributed by atoms with Gasteiger partial charge in [-0.3, -0.25) is 0 Å². The first kappa shape index (κ1) is 10.3. The van der Waals surface area contributed by atoms with E-state index in [0.717, 1.165) is 23.5 Å². The van der Waals surface area contributed by atoms with Crippen LogP contribution in [0.25, 0.3) is 0 Å². The fourth-order valence-corrected chi connectivity index (χ4v) is 1.54. The predicted octanol–water partition coefficient (Wildman–Crippen LogP) is 1.67. The lowest BCUT2D eigenvalue weighted by Gasteiger charge is -2.17. The molecule has 0 radical (unpaired) electrons. The van der Waals surface area contributed by atoms with Gasteiger partial charge in [0.05, 0.1) is 0 Å². The van der Waals surface area contributed by atoms with Gasteiger partial charge in [-0.2, -0.15) is 5.06 Å². The maximum absolute atomic E-state index is 9.25. The Bertz CT molecular complexity index is 352. The summed E-state index contributed by atoms with van der Waals surface area (Å²) in [6, 6.07) is 5.95. The topological polar surface area (TPSA) is 41.9 Å². The Morgan fingerprint density at radius 1 is 1.40 bits per heavy atom. The molecule has 1 heterocycles. The zero-order chi connectivity index (χ0) is 10.8. The summed E-state index contributed by atoms with van der Waals surface area (Å²) in [6.45, 7) is 2.26. The van der Waals surface area contributed by atoms with E-state index in [9.17, 15) is 5.21 Å². The molecular weight excluding hydrogens is 194 g/mol. The van der Waals surface area contributed by atoms with Crippen molar-refractivity contribution in [3.8, 4) is 11.5 Å². The second kappa shape index (κ2) is 4.08. The minimum absolute atomic E-state index is 0.0883. The number of hydrogen-bond acceptors (Lipinski definition) is 4. The third kappa shape index (κ3) is 2.22. The Balaban J connectivity index is 2.10. The fraction of sp³-hybridized carbons (Fsp3) is 0.455. The molecule has 0 saturated heterocycles. The second-order valence-electron chi connectivity index (χ2n) is 3.81. The number of hydrogen-bond donors (Lipinski definition) is 1. The van der Waals surface area contributed by atoms with Crippen LogP contribution in [0.3, 0.4) is 0 Å². The Kier molecular flexibility index (Phi) is 2.79. The summed E-state index contributed by atoms with van der Waals surface area (Å²) in [7, 11) is 1.65. The van der Waals surface area contributed by atoms with E-state index in [1.807, 2.05) is 25.1 Å². The Morgan fingerprint density at radius 2 is 2.13 bits per heavy atom. The SMILES string of the molecule is C[C@H](Cc1ccc2c(c1)OCO2)N(C)O. The molecule has 1 aliphatic rings. The maximum Gasteiger partial charge on any atom is 0.231 e. The van der Waals surface area contributed by atoms with Crippen LogP contribution < -0.4 is 9.47 Å². The molecule has 1 aromatic rings. The van der Waals surface area contributed by atoms with Crippen molar-refractivity contribution in [2.45, 2.75) is 19.4 Å². The van der Waals surface area contributed by atoms with Crippen molar-refractivity contribution in [1.29, 1.82) is 0 Å². The van der Waals surface area contributed by atoms with E-state index in [1.54, 1.807) is 7.05 Å². The van der Waals surface area contributed by atoms with Gasteiger partial charge in [-0.1, -0.05) is 6.07 Å². The van der Waals surface area contributed by atoms with Gasteiger partial charge in [-0.05, 0) is 31.0 Å². The van der Waals surface area contributed by atoms with Crippen molar-refractivity contribution in [1.82, 2.24) is 5.06 Å². The monoisotopic (exact) mass is 209 g/mol. The normalized spacial score (nSPS) is 15.7. The number of hydroxylamine groups is 2. The van der Waals surface area contributed by atoms with E-state index in [2.05, 4.69) is 0 Å². The molecule has 0 aromatic heterocycles. The number of ether oxygens (including phenoxy) is 2. The number of nitrogens with zero attached hydrogens (tertiary/aromatic N) is 1. The Labute approximate surface area is 89.0 Å². The molecule has 1 aromatic carbocycles. The van der Waals surface area contributed by atoms with Crippen LogP contribution in [0.15, 0.2) is 18.2 Å². The van der Waals surface area contributed by atoms with Gasteiger partial charge in [0.1, 0.15) is 0 Å². The highest BCUT2D eigenvalue weighted by Gasteiger charge is 2.14. The van der Waals surface area contributed by atoms with Gasteiger partial charge in [-0.15, -0.1) is 0 Å². The third-order valence-electron chi connectivity index (χ3n) is 2.61. The molecule has 0 spiro atoms. The maximum atomic E-state index is 9.25. The van der Waals surface area contributed by atoms with Crippen LogP contribution in [0.4, 0.5) is 0 Å². The highest BCUT2D eigenvalue weighted by Crippen LogP contribution is 2.32. The number of benzene rings is 1. The van der Waals surface area contributed by atoms with Crippen LogP contribution in [0.5, 0.6) is 11.5 Å². The lowest BCUT2D eigenvalue weighted by molar-refractivity contribution is -0.0963. The lowest BCUT2D eigenvalue weighted by atomic mass is 10.1. The molecular formula is C11H15NO3. The molecule has 2 rings (SSSR count). The smallest absolute Gasteiger partial charge is 0.231 e. The molecule has 4 nitrogen and oxygen atoms in total. The van der Waals surface area contributed by atoms with E-state index >= 15 is 0 Å². The second-order valence-corrected chi connectivity index (χ2v) is 3.81. The Morgan fingerprint density at radius 3 is 2.87 bits per heavy atom. The average molecular weight is 209 g/mol. The van der Waals surface area contributed by atoms with Crippen molar-refractivity contribution in [2.24, 2.45) is 0 Å². The van der Waals surface area contributed by atoms with Gasteiger partial charge < -0.3 is 14.7 Å². The molecule has 0 saturated carbocycles. The number of fused-ring (bicyclic) bond motifs is 1. The highest BCUT2D eigenvalue weighted by molar-refractivity contribution is 5.44. The molecule has 1 aliphatic heterocycles. The molecule has 0 fully saturated rings. The van der Waals surface area contributed by atoms with Gasteiger partial charge in [0, 0.05) is 13.1 Å². The van der Waals surface area contributed by atoms with Crippen molar-refractivity contribution >= 4 is 0 Å². The summed E-state index contributed by atoms with van der Waals surface area (Å²) in [5, 5.41) is 10.5. The zero-order valence-electron chi connectivity index (χ0n) is 8.93. The van der Waals surface area contributed by atoms with Crippen LogP contribution in [-0.2, 0) is 6.42 Å². The first-order valence-electron chi connectivity index (χ1n) is 4.97. The molecule has 0 amide bonds. The van der Waals surface area contributed by atoms with E-state index in [0.29, 0.717) is 6.79 Å². The molecule has 1 N–H and O–H groups in total. The molecule has 1 atom stereocenters. The fourth-order valence-electron chi connectivity index (χ4n) is 1.54. The van der Waals surface area contributed by atoms with Crippen LogP contribution >= 0.6 is 0 Å². The predicted molar refractivity (Wildman–Crippen MR) is 55.3 cm³/mol.